The Bertz CT molecular complexity index is 2080. The number of nitrogens with zero attached hydrogens (tertiary/aromatic N) is 3. The second-order valence-corrected chi connectivity index (χ2v) is 13.1. The first kappa shape index (κ1) is 33.2. The lowest BCUT2D eigenvalue weighted by molar-refractivity contribution is 0.0651. The SMILES string of the molecule is CC(C)Oc1ccc(F)cc1-c1ccccc1CN1CC(C)(CNC(=O)c2ccc(-c3nc4cc(C#N)cc(C(C)C)c4o3)cc2)OC1=O. The van der Waals surface area contributed by atoms with Crippen molar-refractivity contribution < 1.29 is 27.9 Å². The fraction of sp³-hybridized carbons (Fsp3) is 0.282. The Balaban J connectivity index is 1.12. The molecular weight excluding hydrogens is 623 g/mol. The highest BCUT2D eigenvalue weighted by atomic mass is 19.1. The first-order chi connectivity index (χ1) is 23.4. The molecule has 4 aromatic carbocycles. The molecule has 1 fully saturated rings. The van der Waals surface area contributed by atoms with Gasteiger partial charge in [0, 0.05) is 28.8 Å². The van der Waals surface area contributed by atoms with E-state index >= 15 is 0 Å². The molecule has 1 N–H and O–H groups in total. The van der Waals surface area contributed by atoms with Crippen LogP contribution in [0.1, 0.15) is 67.6 Å². The molecule has 1 aromatic heterocycles. The second kappa shape index (κ2) is 13.4. The third kappa shape index (κ3) is 7.11. The third-order valence-corrected chi connectivity index (χ3v) is 8.38. The van der Waals surface area contributed by atoms with E-state index in [2.05, 4.69) is 16.4 Å². The molecule has 6 rings (SSSR count). The van der Waals surface area contributed by atoms with Crippen molar-refractivity contribution >= 4 is 23.1 Å². The van der Waals surface area contributed by atoms with Gasteiger partial charge in [-0.05, 0) is 92.4 Å². The summed E-state index contributed by atoms with van der Waals surface area (Å²) in [6, 6.07) is 24.5. The van der Waals surface area contributed by atoms with Crippen LogP contribution in [0.25, 0.3) is 33.7 Å². The number of amides is 2. The van der Waals surface area contributed by atoms with E-state index in [4.69, 9.17) is 13.9 Å². The fourth-order valence-electron chi connectivity index (χ4n) is 5.99. The van der Waals surface area contributed by atoms with Crippen LogP contribution in [-0.4, -0.2) is 46.7 Å². The number of rotatable bonds is 10. The summed E-state index contributed by atoms with van der Waals surface area (Å²) in [6.07, 6.45) is -0.611. The predicted octanol–water partition coefficient (Wildman–Crippen LogP) is 8.22. The molecule has 1 aliphatic rings. The van der Waals surface area contributed by atoms with E-state index in [1.807, 2.05) is 58.0 Å². The topological polar surface area (TPSA) is 118 Å². The van der Waals surface area contributed by atoms with Crippen LogP contribution in [-0.2, 0) is 11.3 Å². The van der Waals surface area contributed by atoms with Gasteiger partial charge < -0.3 is 19.2 Å². The molecule has 9 nitrogen and oxygen atoms in total. The summed E-state index contributed by atoms with van der Waals surface area (Å²) in [6.45, 7) is 10.2. The molecular formula is C39H37FN4O5. The normalized spacial score (nSPS) is 15.9. The van der Waals surface area contributed by atoms with Crippen LogP contribution in [0.3, 0.4) is 0 Å². The third-order valence-electron chi connectivity index (χ3n) is 8.38. The maximum atomic E-state index is 14.4. The summed E-state index contributed by atoms with van der Waals surface area (Å²) in [5.41, 5.74) is 4.97. The lowest BCUT2D eigenvalue weighted by Crippen LogP contribution is -2.43. The van der Waals surface area contributed by atoms with Gasteiger partial charge in [0.1, 0.15) is 22.7 Å². The Kier molecular flexibility index (Phi) is 9.11. The van der Waals surface area contributed by atoms with Gasteiger partial charge in [-0.1, -0.05) is 38.1 Å². The number of carbonyl (C=O) groups is 2. The van der Waals surface area contributed by atoms with E-state index in [0.717, 1.165) is 16.7 Å². The summed E-state index contributed by atoms with van der Waals surface area (Å²) in [5, 5.41) is 12.3. The maximum absolute atomic E-state index is 14.4. The monoisotopic (exact) mass is 660 g/mol. The number of aromatic nitrogens is 1. The molecule has 5 aromatic rings. The van der Waals surface area contributed by atoms with Crippen LogP contribution in [0.5, 0.6) is 5.75 Å². The number of nitriles is 1. The number of cyclic esters (lactones) is 1. The standard InChI is InChI=1S/C39H37FN4O5/c1-23(2)31-16-25(19-41)17-33-35(31)48-37(43-33)27-12-10-26(11-13-27)36(45)42-21-39(5)22-44(38(46)49-39)20-28-8-6-7-9-30(28)32-18-29(40)14-15-34(32)47-24(3)4/h6-18,23-24H,20-22H2,1-5H3,(H,42,45). The van der Waals surface area contributed by atoms with Gasteiger partial charge in [-0.25, -0.2) is 14.2 Å². The number of fused-ring (bicyclic) bond motifs is 1. The molecule has 1 aliphatic heterocycles. The van der Waals surface area contributed by atoms with E-state index in [1.165, 1.54) is 12.1 Å². The molecule has 49 heavy (non-hydrogen) atoms. The highest BCUT2D eigenvalue weighted by Crippen LogP contribution is 2.36. The summed E-state index contributed by atoms with van der Waals surface area (Å²) in [7, 11) is 0. The molecule has 2 amide bonds. The smallest absolute Gasteiger partial charge is 0.410 e. The average molecular weight is 661 g/mol. The van der Waals surface area contributed by atoms with Crippen molar-refractivity contribution in [1.82, 2.24) is 15.2 Å². The van der Waals surface area contributed by atoms with Crippen molar-refractivity contribution in [2.75, 3.05) is 13.1 Å². The van der Waals surface area contributed by atoms with Gasteiger partial charge in [-0.3, -0.25) is 9.69 Å². The van der Waals surface area contributed by atoms with Crippen molar-refractivity contribution in [3.05, 3.63) is 107 Å². The average Bonchev–Trinajstić information content (AvgIpc) is 3.63. The molecule has 0 aliphatic carbocycles. The zero-order chi connectivity index (χ0) is 34.9. The molecule has 0 bridgehead atoms. The van der Waals surface area contributed by atoms with Crippen molar-refractivity contribution in [2.45, 2.75) is 58.8 Å². The number of oxazole rings is 1. The van der Waals surface area contributed by atoms with E-state index < -0.39 is 11.7 Å². The van der Waals surface area contributed by atoms with Crippen molar-refractivity contribution in [3.63, 3.8) is 0 Å². The van der Waals surface area contributed by atoms with Crippen molar-refractivity contribution in [1.29, 1.82) is 5.26 Å². The van der Waals surface area contributed by atoms with Crippen LogP contribution < -0.4 is 10.1 Å². The van der Waals surface area contributed by atoms with Crippen LogP contribution in [0.4, 0.5) is 9.18 Å². The molecule has 250 valence electrons. The Morgan fingerprint density at radius 2 is 1.82 bits per heavy atom. The number of carbonyl (C=O) groups excluding carboxylic acids is 2. The van der Waals surface area contributed by atoms with E-state index in [-0.39, 0.29) is 43.4 Å². The largest absolute Gasteiger partial charge is 0.490 e. The number of ether oxygens (including phenoxy) is 2. The number of halogens is 1. The first-order valence-electron chi connectivity index (χ1n) is 16.2. The number of benzene rings is 4. The van der Waals surface area contributed by atoms with Gasteiger partial charge in [0.2, 0.25) is 5.89 Å². The Morgan fingerprint density at radius 1 is 1.06 bits per heavy atom. The molecule has 0 spiro atoms. The molecule has 1 unspecified atom stereocenters. The first-order valence-corrected chi connectivity index (χ1v) is 16.2. The minimum absolute atomic E-state index is 0.0953. The van der Waals surface area contributed by atoms with E-state index in [1.54, 1.807) is 48.2 Å². The van der Waals surface area contributed by atoms with Crippen molar-refractivity contribution in [3.8, 4) is 34.4 Å². The lowest BCUT2D eigenvalue weighted by Gasteiger charge is -2.23. The molecule has 10 heteroatoms. The maximum Gasteiger partial charge on any atom is 0.410 e. The number of nitrogens with one attached hydrogen (secondary N) is 1. The Hall–Kier alpha value is -5.69. The highest BCUT2D eigenvalue weighted by molar-refractivity contribution is 5.94. The van der Waals surface area contributed by atoms with E-state index in [0.29, 0.717) is 45.0 Å². The van der Waals surface area contributed by atoms with Gasteiger partial charge in [-0.2, -0.15) is 5.26 Å². The van der Waals surface area contributed by atoms with Crippen LogP contribution in [0.15, 0.2) is 83.3 Å². The van der Waals surface area contributed by atoms with Crippen LogP contribution >= 0.6 is 0 Å². The van der Waals surface area contributed by atoms with Gasteiger partial charge >= 0.3 is 6.09 Å². The quantitative estimate of drug-likeness (QED) is 0.160. The minimum Gasteiger partial charge on any atom is -0.490 e. The van der Waals surface area contributed by atoms with Gasteiger partial charge in [0.05, 0.1) is 30.8 Å². The number of hydrogen-bond donors (Lipinski definition) is 1. The molecule has 1 atom stereocenters. The Morgan fingerprint density at radius 3 is 2.53 bits per heavy atom. The van der Waals surface area contributed by atoms with Gasteiger partial charge in [-0.15, -0.1) is 0 Å². The van der Waals surface area contributed by atoms with Crippen molar-refractivity contribution in [2.24, 2.45) is 0 Å². The van der Waals surface area contributed by atoms with Crippen LogP contribution in [0, 0.1) is 17.1 Å². The van der Waals surface area contributed by atoms with Gasteiger partial charge in [0.25, 0.3) is 5.91 Å². The fourth-order valence-corrected chi connectivity index (χ4v) is 5.99. The van der Waals surface area contributed by atoms with Crippen LogP contribution in [0.2, 0.25) is 0 Å². The zero-order valence-corrected chi connectivity index (χ0v) is 28.0. The predicted molar refractivity (Wildman–Crippen MR) is 183 cm³/mol. The summed E-state index contributed by atoms with van der Waals surface area (Å²) in [5.74, 6) is 0.379. The molecule has 2 heterocycles. The zero-order valence-electron chi connectivity index (χ0n) is 28.0. The lowest BCUT2D eigenvalue weighted by atomic mass is 9.98. The second-order valence-electron chi connectivity index (χ2n) is 13.1. The van der Waals surface area contributed by atoms with E-state index in [9.17, 15) is 19.2 Å². The highest BCUT2D eigenvalue weighted by Gasteiger charge is 2.42. The summed E-state index contributed by atoms with van der Waals surface area (Å²) >= 11 is 0. The minimum atomic E-state index is -0.971. The summed E-state index contributed by atoms with van der Waals surface area (Å²) in [4.78, 5) is 32.3. The number of hydrogen-bond acceptors (Lipinski definition) is 7. The molecule has 1 saturated heterocycles. The molecule has 0 saturated carbocycles. The molecule has 0 radical (unpaired) electrons. The van der Waals surface area contributed by atoms with Gasteiger partial charge in [0.15, 0.2) is 5.58 Å². The summed E-state index contributed by atoms with van der Waals surface area (Å²) < 4.78 is 32.2. The Labute approximate surface area is 284 Å².